The number of phosphoric ester groups is 1. The van der Waals surface area contributed by atoms with Crippen molar-refractivity contribution in [1.29, 1.82) is 0 Å². The molecule has 16 heteroatoms. The fourth-order valence-corrected chi connectivity index (χ4v) is 2.66. The molecule has 0 aliphatic carbocycles. The summed E-state index contributed by atoms with van der Waals surface area (Å²) in [7, 11) is -4.72. The van der Waals surface area contributed by atoms with E-state index in [-0.39, 0.29) is 53.4 Å². The van der Waals surface area contributed by atoms with Gasteiger partial charge < -0.3 is 42.8 Å². The van der Waals surface area contributed by atoms with Crippen molar-refractivity contribution in [2.24, 2.45) is 0 Å². The first-order valence-corrected chi connectivity index (χ1v) is 7.95. The van der Waals surface area contributed by atoms with Crippen LogP contribution in [-0.4, -0.2) is 75.4 Å². The van der Waals surface area contributed by atoms with E-state index >= 15 is 0 Å². The molecule has 0 radical (unpaired) electrons. The molecule has 1 fully saturated rings. The van der Waals surface area contributed by atoms with Gasteiger partial charge in [-0.2, -0.15) is 0 Å². The summed E-state index contributed by atoms with van der Waals surface area (Å²) in [4.78, 5) is 29.2. The van der Waals surface area contributed by atoms with Crippen molar-refractivity contribution >= 4 is 24.8 Å². The van der Waals surface area contributed by atoms with Crippen LogP contribution in [0.25, 0.3) is 11.2 Å². The van der Waals surface area contributed by atoms with Crippen molar-refractivity contribution in [3.63, 3.8) is 0 Å². The maximum Gasteiger partial charge on any atom is 1.00 e. The van der Waals surface area contributed by atoms with Crippen LogP contribution in [0.15, 0.2) is 12.7 Å². The third kappa shape index (κ3) is 4.95. The second kappa shape index (κ2) is 9.45. The summed E-state index contributed by atoms with van der Waals surface area (Å²) in [6, 6.07) is 0. The third-order valence-electron chi connectivity index (χ3n) is 3.41. The number of imidazole rings is 1. The van der Waals surface area contributed by atoms with E-state index in [0.29, 0.717) is 5.52 Å². The van der Waals surface area contributed by atoms with Crippen LogP contribution in [0, 0.1) is 0 Å². The van der Waals surface area contributed by atoms with E-state index < -0.39 is 39.0 Å². The van der Waals surface area contributed by atoms with Crippen molar-refractivity contribution in [1.82, 2.24) is 19.5 Å². The molecule has 14 nitrogen and oxygen atoms in total. The number of phosphoric acid groups is 1. The summed E-state index contributed by atoms with van der Waals surface area (Å²) >= 11 is 0. The van der Waals surface area contributed by atoms with E-state index in [1.165, 1.54) is 17.2 Å². The SMILES string of the molecule is Nc1ncnc2c1ncn2[C@@H]1O[C@H](COP(=O)(O)O)C(O)C1O.O.O.[H-].[Na+]. The number of hydrogen-bond acceptors (Lipinski definition) is 9. The number of nitrogens with two attached hydrogens (primary N) is 1. The first kappa shape index (κ1) is 25.3. The van der Waals surface area contributed by atoms with E-state index in [1.807, 2.05) is 0 Å². The van der Waals surface area contributed by atoms with Gasteiger partial charge in [-0.25, -0.2) is 19.5 Å². The zero-order valence-corrected chi connectivity index (χ0v) is 16.4. The maximum absolute atomic E-state index is 10.7. The zero-order valence-electron chi connectivity index (χ0n) is 14.5. The zero-order chi connectivity index (χ0) is 16.8. The molecule has 3 rings (SSSR count). The van der Waals surface area contributed by atoms with Crippen molar-refractivity contribution in [3.8, 4) is 0 Å². The number of nitrogens with zero attached hydrogens (tertiary/aromatic N) is 4. The number of aliphatic hydroxyl groups excluding tert-OH is 2. The molecule has 1 aliphatic rings. The van der Waals surface area contributed by atoms with E-state index in [9.17, 15) is 14.8 Å². The number of aromatic nitrogens is 4. The third-order valence-corrected chi connectivity index (χ3v) is 3.89. The van der Waals surface area contributed by atoms with E-state index in [2.05, 4.69) is 19.5 Å². The molecular formula is C10H19N5NaO9P. The van der Waals surface area contributed by atoms with Gasteiger partial charge in [-0.3, -0.25) is 9.09 Å². The Labute approximate surface area is 169 Å². The number of fused-ring (bicyclic) bond motifs is 1. The molecule has 2 aromatic rings. The van der Waals surface area contributed by atoms with E-state index in [4.69, 9.17) is 20.3 Å². The summed E-state index contributed by atoms with van der Waals surface area (Å²) in [6.45, 7) is -0.594. The minimum atomic E-state index is -4.72. The molecule has 10 N–H and O–H groups in total. The summed E-state index contributed by atoms with van der Waals surface area (Å²) in [6.07, 6.45) is -2.49. The van der Waals surface area contributed by atoms with Gasteiger partial charge >= 0.3 is 37.4 Å². The van der Waals surface area contributed by atoms with Crippen LogP contribution in [0.3, 0.4) is 0 Å². The van der Waals surface area contributed by atoms with Gasteiger partial charge in [-0.15, -0.1) is 0 Å². The summed E-state index contributed by atoms with van der Waals surface area (Å²) < 4.78 is 21.8. The Hall–Kier alpha value is -0.740. The molecule has 4 atom stereocenters. The molecular weight excluding hydrogens is 388 g/mol. The first-order valence-electron chi connectivity index (χ1n) is 6.42. The molecule has 0 spiro atoms. The van der Waals surface area contributed by atoms with Gasteiger partial charge in [0.05, 0.1) is 12.9 Å². The molecule has 0 saturated carbocycles. The number of ether oxygens (including phenoxy) is 1. The monoisotopic (exact) mass is 407 g/mol. The fourth-order valence-electron chi connectivity index (χ4n) is 2.32. The molecule has 1 aliphatic heterocycles. The number of anilines is 1. The number of nitrogen functional groups attached to an aromatic ring is 1. The van der Waals surface area contributed by atoms with Crippen molar-refractivity contribution in [3.05, 3.63) is 12.7 Å². The van der Waals surface area contributed by atoms with Gasteiger partial charge in [0.1, 0.15) is 30.2 Å². The maximum atomic E-state index is 10.7. The summed E-state index contributed by atoms with van der Waals surface area (Å²) in [5, 5.41) is 20.1. The second-order valence-electron chi connectivity index (χ2n) is 4.92. The first-order chi connectivity index (χ1) is 10.8. The van der Waals surface area contributed by atoms with Crippen LogP contribution in [-0.2, 0) is 13.8 Å². The van der Waals surface area contributed by atoms with Gasteiger partial charge in [0.2, 0.25) is 0 Å². The minimum absolute atomic E-state index is 0. The van der Waals surface area contributed by atoms with Crippen LogP contribution in [0.5, 0.6) is 0 Å². The Morgan fingerprint density at radius 2 is 1.92 bits per heavy atom. The predicted molar refractivity (Wildman–Crippen MR) is 82.0 cm³/mol. The van der Waals surface area contributed by atoms with Crippen LogP contribution in [0.2, 0.25) is 0 Å². The topological polar surface area (TPSA) is 249 Å². The van der Waals surface area contributed by atoms with E-state index in [1.54, 1.807) is 0 Å². The Kier molecular flexibility index (Phi) is 9.19. The van der Waals surface area contributed by atoms with Gasteiger partial charge in [0, 0.05) is 0 Å². The van der Waals surface area contributed by atoms with Gasteiger partial charge in [-0.1, -0.05) is 0 Å². The number of hydrogen-bond donors (Lipinski definition) is 5. The fraction of sp³-hybridized carbons (Fsp3) is 0.500. The van der Waals surface area contributed by atoms with Gasteiger partial charge in [0.15, 0.2) is 17.7 Å². The molecule has 0 aromatic carbocycles. The molecule has 26 heavy (non-hydrogen) atoms. The van der Waals surface area contributed by atoms with Gasteiger partial charge in [-0.05, 0) is 0 Å². The molecule has 1 saturated heterocycles. The van der Waals surface area contributed by atoms with Crippen LogP contribution in [0.1, 0.15) is 7.65 Å². The van der Waals surface area contributed by atoms with E-state index in [0.717, 1.165) is 0 Å². The Bertz CT molecular complexity index is 779. The molecule has 3 heterocycles. The van der Waals surface area contributed by atoms with Crippen molar-refractivity contribution in [2.45, 2.75) is 24.5 Å². The molecule has 0 amide bonds. The Morgan fingerprint density at radius 3 is 2.54 bits per heavy atom. The van der Waals surface area contributed by atoms with Crippen molar-refractivity contribution < 1.29 is 75.8 Å². The minimum Gasteiger partial charge on any atom is -1.00 e. The average Bonchev–Trinajstić information content (AvgIpc) is 3.01. The van der Waals surface area contributed by atoms with Crippen molar-refractivity contribution in [2.75, 3.05) is 12.3 Å². The predicted octanol–water partition coefficient (Wildman–Crippen LogP) is -6.40. The Balaban J connectivity index is 0. The second-order valence-corrected chi connectivity index (χ2v) is 6.15. The molecule has 2 unspecified atom stereocenters. The van der Waals surface area contributed by atoms with Crippen LogP contribution < -0.4 is 35.3 Å². The largest absolute Gasteiger partial charge is 1.00 e. The molecule has 2 aromatic heterocycles. The Morgan fingerprint density at radius 1 is 1.27 bits per heavy atom. The number of aliphatic hydroxyl groups is 2. The average molecular weight is 407 g/mol. The van der Waals surface area contributed by atoms with Gasteiger partial charge in [0.25, 0.3) is 0 Å². The van der Waals surface area contributed by atoms with Crippen LogP contribution >= 0.6 is 7.82 Å². The van der Waals surface area contributed by atoms with Crippen LogP contribution in [0.4, 0.5) is 5.82 Å². The summed E-state index contributed by atoms with van der Waals surface area (Å²) in [5.41, 5.74) is 6.25. The molecule has 144 valence electrons. The molecule has 0 bridgehead atoms. The normalized spacial score (nSPS) is 25.2. The smallest absolute Gasteiger partial charge is 1.00 e. The summed E-state index contributed by atoms with van der Waals surface area (Å²) in [5.74, 6) is 0.142. The number of rotatable bonds is 4. The standard InChI is InChI=1S/C10H14N5O7P.Na.2H2O.H/c11-8-5-9(13-2-12-8)15(3-14-5)10-7(17)6(16)4(22-10)1-21-23(18,19)20;;;;/h2-4,6-7,10,16-17H,1H2,(H2,11,12,13)(H2,18,19,20);;2*1H2;/q;+1;;;-1/t4-,6?,7?,10-;;;;/m1..../s1. The quantitative estimate of drug-likeness (QED) is 0.235.